The molecule has 0 unspecified atom stereocenters. The predicted molar refractivity (Wildman–Crippen MR) is 211 cm³/mol. The van der Waals surface area contributed by atoms with Crippen LogP contribution in [0.4, 0.5) is 0 Å². The molecule has 0 saturated carbocycles. The van der Waals surface area contributed by atoms with Gasteiger partial charge in [0.25, 0.3) is 0 Å². The third-order valence-electron chi connectivity index (χ3n) is 10.8. The number of rotatable bonds is 10. The molecule has 4 aliphatic rings. The highest BCUT2D eigenvalue weighted by molar-refractivity contribution is 5.90. The lowest BCUT2D eigenvalue weighted by Crippen LogP contribution is -2.68. The van der Waals surface area contributed by atoms with Gasteiger partial charge in [-0.2, -0.15) is 0 Å². The van der Waals surface area contributed by atoms with E-state index in [-0.39, 0.29) is 29.9 Å². The van der Waals surface area contributed by atoms with Crippen LogP contribution in [0.3, 0.4) is 0 Å². The number of ether oxygens (including phenoxy) is 10. The summed E-state index contributed by atoms with van der Waals surface area (Å²) in [4.78, 5) is 41.3. The zero-order valence-electron chi connectivity index (χ0n) is 32.5. The molecular formula is C47H42O14. The molecule has 314 valence electrons. The van der Waals surface area contributed by atoms with Crippen LogP contribution in [0, 0.1) is 0 Å². The first kappa shape index (κ1) is 40.6. The van der Waals surface area contributed by atoms with E-state index >= 15 is 0 Å². The summed E-state index contributed by atoms with van der Waals surface area (Å²) in [7, 11) is 0. The maximum absolute atomic E-state index is 13.9. The summed E-state index contributed by atoms with van der Waals surface area (Å²) in [6, 6.07) is 43.1. The molecule has 4 fully saturated rings. The molecule has 0 spiro atoms. The molecule has 12 atom stereocenters. The molecule has 4 aliphatic heterocycles. The first-order valence-corrected chi connectivity index (χ1v) is 20.0. The van der Waals surface area contributed by atoms with Crippen molar-refractivity contribution < 1.29 is 66.9 Å². The molecule has 0 bridgehead atoms. The highest BCUT2D eigenvalue weighted by Gasteiger charge is 2.58. The van der Waals surface area contributed by atoms with Crippen molar-refractivity contribution in [2.45, 2.75) is 74.0 Å². The number of fused-ring (bicyclic) bond motifs is 2. The maximum atomic E-state index is 13.9. The molecule has 14 nitrogen and oxygen atoms in total. The van der Waals surface area contributed by atoms with Crippen molar-refractivity contribution in [3.05, 3.63) is 179 Å². The van der Waals surface area contributed by atoms with Crippen molar-refractivity contribution >= 4 is 17.9 Å². The number of carbonyl (C=O) groups excluding carboxylic acids is 3. The van der Waals surface area contributed by atoms with E-state index in [0.717, 1.165) is 0 Å². The van der Waals surface area contributed by atoms with Gasteiger partial charge in [-0.15, -0.1) is 0 Å². The first-order chi connectivity index (χ1) is 29.9. The molecule has 1 N–H and O–H groups in total. The number of hydrogen-bond acceptors (Lipinski definition) is 14. The number of hydrogen-bond donors (Lipinski definition) is 1. The minimum atomic E-state index is -1.58. The van der Waals surface area contributed by atoms with Crippen molar-refractivity contribution in [3.63, 3.8) is 0 Å². The number of esters is 3. The van der Waals surface area contributed by atoms with Gasteiger partial charge < -0.3 is 52.5 Å². The molecule has 4 heterocycles. The SMILES string of the molecule is O=C(O[C@H]1O[C@@H]2CO[C@@H](c3ccccc3)O[C@H]2[C@H](O[C@@H]2O[C@@H]3CO[C@@H](c4ccccc4)O[C@H]3[C@H](O)[C@H]2OC(=O)c2ccccc2)[C@H]1OC(=O)c1ccccc1)c1ccccc1. The monoisotopic (exact) mass is 830 g/mol. The normalized spacial score (nSPS) is 30.8. The molecule has 0 aliphatic carbocycles. The minimum absolute atomic E-state index is 0.0372. The van der Waals surface area contributed by atoms with Gasteiger partial charge in [-0.3, -0.25) is 0 Å². The van der Waals surface area contributed by atoms with Crippen molar-refractivity contribution in [1.29, 1.82) is 0 Å². The van der Waals surface area contributed by atoms with Gasteiger partial charge in [-0.05, 0) is 36.4 Å². The van der Waals surface area contributed by atoms with E-state index < -0.39 is 91.9 Å². The van der Waals surface area contributed by atoms with E-state index in [2.05, 4.69) is 0 Å². The lowest BCUT2D eigenvalue weighted by Gasteiger charge is -2.51. The second-order valence-corrected chi connectivity index (χ2v) is 14.8. The van der Waals surface area contributed by atoms with Crippen LogP contribution >= 0.6 is 0 Å². The third-order valence-corrected chi connectivity index (χ3v) is 10.8. The highest BCUT2D eigenvalue weighted by atomic mass is 16.8. The third kappa shape index (κ3) is 8.98. The molecule has 5 aromatic rings. The van der Waals surface area contributed by atoms with Gasteiger partial charge in [-0.25, -0.2) is 14.4 Å². The first-order valence-electron chi connectivity index (χ1n) is 20.0. The summed E-state index contributed by atoms with van der Waals surface area (Å²) >= 11 is 0. The van der Waals surface area contributed by atoms with E-state index in [1.807, 2.05) is 60.7 Å². The summed E-state index contributed by atoms with van der Waals surface area (Å²) < 4.78 is 63.0. The largest absolute Gasteiger partial charge is 0.450 e. The van der Waals surface area contributed by atoms with Gasteiger partial charge >= 0.3 is 17.9 Å². The highest BCUT2D eigenvalue weighted by Crippen LogP contribution is 2.41. The van der Waals surface area contributed by atoms with Crippen molar-refractivity contribution in [2.75, 3.05) is 13.2 Å². The van der Waals surface area contributed by atoms with Crippen LogP contribution < -0.4 is 0 Å². The number of carbonyl (C=O) groups is 3. The Bertz CT molecular complexity index is 2230. The van der Waals surface area contributed by atoms with E-state index in [9.17, 15) is 19.5 Å². The Labute approximate surface area is 350 Å². The van der Waals surface area contributed by atoms with Gasteiger partial charge in [0.1, 0.15) is 36.6 Å². The molecular weight excluding hydrogens is 789 g/mol. The fraction of sp³-hybridized carbons (Fsp3) is 0.298. The van der Waals surface area contributed by atoms with Crippen LogP contribution in [-0.4, -0.2) is 97.6 Å². The zero-order valence-corrected chi connectivity index (χ0v) is 32.5. The van der Waals surface area contributed by atoms with E-state index in [1.165, 1.54) is 0 Å². The van der Waals surface area contributed by atoms with E-state index in [1.54, 1.807) is 91.0 Å². The Morgan fingerprint density at radius 1 is 0.443 bits per heavy atom. The lowest BCUT2D eigenvalue weighted by atomic mass is 9.95. The van der Waals surface area contributed by atoms with Gasteiger partial charge in [0.05, 0.1) is 29.9 Å². The lowest BCUT2D eigenvalue weighted by molar-refractivity contribution is -0.400. The molecule has 9 rings (SSSR count). The van der Waals surface area contributed by atoms with Crippen LogP contribution in [0.2, 0.25) is 0 Å². The molecule has 61 heavy (non-hydrogen) atoms. The molecule has 0 aromatic heterocycles. The Morgan fingerprint density at radius 2 is 0.836 bits per heavy atom. The average molecular weight is 831 g/mol. The fourth-order valence-electron chi connectivity index (χ4n) is 7.72. The minimum Gasteiger partial charge on any atom is -0.450 e. The zero-order chi connectivity index (χ0) is 41.7. The van der Waals surface area contributed by atoms with E-state index in [0.29, 0.717) is 11.1 Å². The van der Waals surface area contributed by atoms with Crippen molar-refractivity contribution in [1.82, 2.24) is 0 Å². The number of aliphatic hydroxyl groups excluding tert-OH is 1. The van der Waals surface area contributed by atoms with Crippen LogP contribution in [0.25, 0.3) is 0 Å². The fourth-order valence-corrected chi connectivity index (χ4v) is 7.72. The van der Waals surface area contributed by atoms with Gasteiger partial charge in [0.15, 0.2) is 31.1 Å². The predicted octanol–water partition coefficient (Wildman–Crippen LogP) is 5.72. The quantitative estimate of drug-likeness (QED) is 0.134. The number of benzene rings is 5. The Balaban J connectivity index is 1.09. The molecule has 4 saturated heterocycles. The van der Waals surface area contributed by atoms with Crippen molar-refractivity contribution in [2.24, 2.45) is 0 Å². The van der Waals surface area contributed by atoms with Crippen LogP contribution in [0.15, 0.2) is 152 Å². The summed E-state index contributed by atoms with van der Waals surface area (Å²) in [6.07, 6.45) is -14.8. The Morgan fingerprint density at radius 3 is 1.33 bits per heavy atom. The molecule has 14 heteroatoms. The Hall–Kier alpha value is -5.81. The van der Waals surface area contributed by atoms with Gasteiger partial charge in [0.2, 0.25) is 6.29 Å². The number of aliphatic hydroxyl groups is 1. The van der Waals surface area contributed by atoms with Crippen molar-refractivity contribution in [3.8, 4) is 0 Å². The van der Waals surface area contributed by atoms with Gasteiger partial charge in [-0.1, -0.05) is 115 Å². The summed E-state index contributed by atoms with van der Waals surface area (Å²) in [5.74, 6) is -2.33. The van der Waals surface area contributed by atoms with Gasteiger partial charge in [0, 0.05) is 11.1 Å². The topological polar surface area (TPSA) is 164 Å². The van der Waals surface area contributed by atoms with Crippen LogP contribution in [0.1, 0.15) is 54.8 Å². The smallest absolute Gasteiger partial charge is 0.340 e. The molecule has 5 aromatic carbocycles. The standard InChI is InChI=1S/C47H42O14/c48-35-36-33(26-52-44(58-36)31-22-12-4-13-23-31)54-46(38(35)56-41(49)28-16-6-1-7-17-28)60-39-37-34(27-53-45(59-37)32-24-14-5-15-25-32)55-47(61-43(51)30-20-10-3-11-21-30)40(39)57-42(50)29-18-8-2-9-19-29/h1-25,33-40,44-48H,26-27H2/t33-,34-,35+,36-,37-,38-,39+,40-,44-,45-,46+,47-/m1/s1. The second kappa shape index (κ2) is 18.4. The summed E-state index contributed by atoms with van der Waals surface area (Å²) in [5.41, 5.74) is 2.00. The Kier molecular flexibility index (Phi) is 12.3. The summed E-state index contributed by atoms with van der Waals surface area (Å²) in [5, 5.41) is 12.2. The molecule has 0 radical (unpaired) electrons. The van der Waals surface area contributed by atoms with E-state index in [4.69, 9.17) is 47.4 Å². The summed E-state index contributed by atoms with van der Waals surface area (Å²) in [6.45, 7) is -0.0961. The second-order valence-electron chi connectivity index (χ2n) is 14.8. The maximum Gasteiger partial charge on any atom is 0.340 e. The average Bonchev–Trinajstić information content (AvgIpc) is 3.32. The van der Waals surface area contributed by atoms with Crippen LogP contribution in [-0.2, 0) is 47.4 Å². The molecule has 0 amide bonds. The van der Waals surface area contributed by atoms with Crippen LogP contribution in [0.5, 0.6) is 0 Å².